The van der Waals surface area contributed by atoms with Crippen LogP contribution in [0.15, 0.2) is 47.4 Å². The van der Waals surface area contributed by atoms with E-state index in [1.807, 2.05) is 19.0 Å². The number of nitrogens with zero attached hydrogens (tertiary/aromatic N) is 1. The van der Waals surface area contributed by atoms with E-state index >= 15 is 0 Å². The van der Waals surface area contributed by atoms with Crippen molar-refractivity contribution in [2.24, 2.45) is 5.14 Å². The number of ether oxygens (including phenoxy) is 1. The Morgan fingerprint density at radius 1 is 1.18 bits per heavy atom. The predicted octanol–water partition coefficient (Wildman–Crippen LogP) is 1.94. The van der Waals surface area contributed by atoms with Gasteiger partial charge in [-0.1, -0.05) is 31.2 Å². The highest BCUT2D eigenvalue weighted by atomic mass is 32.2. The summed E-state index contributed by atoms with van der Waals surface area (Å²) in [5, 5.41) is 8.04. The number of likely N-dealkylation sites (N-methyl/N-ethyl adjacent to an activating group) is 1. The van der Waals surface area contributed by atoms with Gasteiger partial charge in [0.15, 0.2) is 0 Å². The number of hydrogen-bond donors (Lipinski definition) is 2. The average Bonchev–Trinajstić information content (AvgIpc) is 2.67. The third-order valence-electron chi connectivity index (χ3n) is 4.60. The molecule has 152 valence electrons. The van der Waals surface area contributed by atoms with Crippen LogP contribution in [-0.2, 0) is 16.4 Å². The Morgan fingerprint density at radius 2 is 1.82 bits per heavy atom. The predicted molar refractivity (Wildman–Crippen MR) is 109 cm³/mol. The highest BCUT2D eigenvalue weighted by molar-refractivity contribution is 7.89. The highest BCUT2D eigenvalue weighted by Crippen LogP contribution is 2.23. The van der Waals surface area contributed by atoms with Crippen molar-refractivity contribution in [3.8, 4) is 5.75 Å². The first-order valence-corrected chi connectivity index (χ1v) is 10.5. The number of hydrogen-bond acceptors (Lipinski definition) is 5. The van der Waals surface area contributed by atoms with Gasteiger partial charge in [-0.2, -0.15) is 0 Å². The van der Waals surface area contributed by atoms with Crippen molar-refractivity contribution in [2.75, 3.05) is 27.7 Å². The molecule has 0 aromatic heterocycles. The van der Waals surface area contributed by atoms with E-state index < -0.39 is 15.9 Å². The third kappa shape index (κ3) is 5.31. The Balaban J connectivity index is 2.22. The van der Waals surface area contributed by atoms with Gasteiger partial charge in [-0.25, -0.2) is 13.6 Å². The minimum Gasteiger partial charge on any atom is -0.496 e. The molecule has 2 aromatic rings. The number of amides is 1. The van der Waals surface area contributed by atoms with Crippen LogP contribution in [0.4, 0.5) is 0 Å². The zero-order valence-electron chi connectivity index (χ0n) is 16.6. The second kappa shape index (κ2) is 9.18. The van der Waals surface area contributed by atoms with Crippen molar-refractivity contribution in [1.29, 1.82) is 0 Å². The lowest BCUT2D eigenvalue weighted by molar-refractivity contribution is 0.0938. The van der Waals surface area contributed by atoms with Crippen LogP contribution in [0.25, 0.3) is 0 Å². The molecule has 0 spiro atoms. The van der Waals surface area contributed by atoms with Crippen LogP contribution >= 0.6 is 0 Å². The first-order valence-electron chi connectivity index (χ1n) is 8.91. The Morgan fingerprint density at radius 3 is 2.32 bits per heavy atom. The van der Waals surface area contributed by atoms with Gasteiger partial charge in [-0.3, -0.25) is 4.79 Å². The fraction of sp³-hybridized carbons (Fsp3) is 0.350. The zero-order chi connectivity index (χ0) is 20.9. The SMILES string of the molecule is CCc1ccc([C@@H](CNC(=O)c2cc(S(N)(=O)=O)ccc2OC)N(C)C)cc1. The molecule has 0 fully saturated rings. The summed E-state index contributed by atoms with van der Waals surface area (Å²) in [5.41, 5.74) is 2.44. The van der Waals surface area contributed by atoms with Gasteiger partial charge in [0.05, 0.1) is 23.6 Å². The summed E-state index contributed by atoms with van der Waals surface area (Å²) >= 11 is 0. The lowest BCUT2D eigenvalue weighted by Gasteiger charge is -2.25. The molecule has 0 aliphatic rings. The minimum atomic E-state index is -3.92. The van der Waals surface area contributed by atoms with Crippen LogP contribution in [0, 0.1) is 0 Å². The topological polar surface area (TPSA) is 102 Å². The normalized spacial score (nSPS) is 12.6. The standard InChI is InChI=1S/C20H27N3O4S/c1-5-14-6-8-15(9-7-14)18(23(2)3)13-22-20(24)17-12-16(28(21,25)26)10-11-19(17)27-4/h6-12,18H,5,13H2,1-4H3,(H,22,24)(H2,21,25,26)/t18-/m1/s1. The molecule has 0 heterocycles. The number of methoxy groups -OCH3 is 1. The summed E-state index contributed by atoms with van der Waals surface area (Å²) in [6, 6.07) is 12.2. The molecule has 0 aliphatic carbocycles. The molecule has 2 aromatic carbocycles. The van der Waals surface area contributed by atoms with Crippen molar-refractivity contribution in [2.45, 2.75) is 24.3 Å². The second-order valence-corrected chi connectivity index (χ2v) is 8.25. The van der Waals surface area contributed by atoms with Crippen molar-refractivity contribution in [1.82, 2.24) is 10.2 Å². The van der Waals surface area contributed by atoms with Crippen molar-refractivity contribution >= 4 is 15.9 Å². The van der Waals surface area contributed by atoms with Gasteiger partial charge in [-0.05, 0) is 49.8 Å². The van der Waals surface area contributed by atoms with Gasteiger partial charge < -0.3 is 15.0 Å². The molecule has 3 N–H and O–H groups in total. The molecule has 0 radical (unpaired) electrons. The van der Waals surface area contributed by atoms with E-state index in [0.717, 1.165) is 12.0 Å². The number of nitrogens with one attached hydrogen (secondary N) is 1. The number of carbonyl (C=O) groups excluding carboxylic acids is 1. The van der Waals surface area contributed by atoms with E-state index in [2.05, 4.69) is 36.5 Å². The maximum atomic E-state index is 12.7. The van der Waals surface area contributed by atoms with E-state index in [9.17, 15) is 13.2 Å². The van der Waals surface area contributed by atoms with E-state index in [4.69, 9.17) is 9.88 Å². The molecule has 0 aliphatic heterocycles. The minimum absolute atomic E-state index is 0.0396. The maximum Gasteiger partial charge on any atom is 0.255 e. The molecular weight excluding hydrogens is 378 g/mol. The second-order valence-electron chi connectivity index (χ2n) is 6.69. The molecule has 2 rings (SSSR count). The molecule has 0 saturated carbocycles. The first-order chi connectivity index (χ1) is 13.2. The summed E-state index contributed by atoms with van der Waals surface area (Å²) < 4.78 is 28.4. The van der Waals surface area contributed by atoms with Gasteiger partial charge in [-0.15, -0.1) is 0 Å². The summed E-state index contributed by atoms with van der Waals surface area (Å²) in [6.07, 6.45) is 0.962. The number of nitrogens with two attached hydrogens (primary N) is 1. The lowest BCUT2D eigenvalue weighted by Crippen LogP contribution is -2.34. The van der Waals surface area contributed by atoms with Gasteiger partial charge >= 0.3 is 0 Å². The molecule has 0 unspecified atom stereocenters. The Bertz CT molecular complexity index is 925. The van der Waals surface area contributed by atoms with Crippen molar-refractivity contribution in [3.63, 3.8) is 0 Å². The average molecular weight is 406 g/mol. The molecule has 1 amide bonds. The molecule has 0 saturated heterocycles. The van der Waals surface area contributed by atoms with Crippen molar-refractivity contribution in [3.05, 3.63) is 59.2 Å². The number of aryl methyl sites for hydroxylation is 1. The lowest BCUT2D eigenvalue weighted by atomic mass is 10.0. The molecule has 28 heavy (non-hydrogen) atoms. The maximum absolute atomic E-state index is 12.7. The molecule has 1 atom stereocenters. The summed E-state index contributed by atoms with van der Waals surface area (Å²) in [6.45, 7) is 2.45. The third-order valence-corrected chi connectivity index (χ3v) is 5.51. The quantitative estimate of drug-likeness (QED) is 0.699. The molecule has 0 bridgehead atoms. The van der Waals surface area contributed by atoms with Crippen LogP contribution < -0.4 is 15.2 Å². The zero-order valence-corrected chi connectivity index (χ0v) is 17.4. The van der Waals surface area contributed by atoms with E-state index in [-0.39, 0.29) is 22.3 Å². The largest absolute Gasteiger partial charge is 0.496 e. The highest BCUT2D eigenvalue weighted by Gasteiger charge is 2.20. The van der Waals surface area contributed by atoms with Gasteiger partial charge in [0.1, 0.15) is 5.75 Å². The number of sulfonamides is 1. The molecule has 7 nitrogen and oxygen atoms in total. The summed E-state index contributed by atoms with van der Waals surface area (Å²) in [4.78, 5) is 14.6. The first kappa shape index (κ1) is 21.9. The molecular formula is C20H27N3O4S. The monoisotopic (exact) mass is 405 g/mol. The Labute approximate surface area is 166 Å². The fourth-order valence-electron chi connectivity index (χ4n) is 2.90. The van der Waals surface area contributed by atoms with E-state index in [1.54, 1.807) is 0 Å². The summed E-state index contributed by atoms with van der Waals surface area (Å²) in [7, 11) is 1.37. The number of rotatable bonds is 8. The summed E-state index contributed by atoms with van der Waals surface area (Å²) in [5.74, 6) is -0.155. The van der Waals surface area contributed by atoms with Crippen LogP contribution in [0.3, 0.4) is 0 Å². The van der Waals surface area contributed by atoms with Gasteiger partial charge in [0.25, 0.3) is 5.91 Å². The van der Waals surface area contributed by atoms with Gasteiger partial charge in [0, 0.05) is 6.54 Å². The van der Waals surface area contributed by atoms with E-state index in [0.29, 0.717) is 6.54 Å². The van der Waals surface area contributed by atoms with Crippen LogP contribution in [0.5, 0.6) is 5.75 Å². The van der Waals surface area contributed by atoms with Crippen LogP contribution in [-0.4, -0.2) is 47.0 Å². The smallest absolute Gasteiger partial charge is 0.255 e. The Hall–Kier alpha value is -2.42. The number of primary sulfonamides is 1. The molecule has 8 heteroatoms. The van der Waals surface area contributed by atoms with E-state index in [1.165, 1.54) is 30.9 Å². The van der Waals surface area contributed by atoms with Gasteiger partial charge in [0.2, 0.25) is 10.0 Å². The fourth-order valence-corrected chi connectivity index (χ4v) is 3.44. The van der Waals surface area contributed by atoms with Crippen LogP contribution in [0.2, 0.25) is 0 Å². The number of carbonyl (C=O) groups is 1. The van der Waals surface area contributed by atoms with Crippen molar-refractivity contribution < 1.29 is 17.9 Å². The number of benzene rings is 2. The van der Waals surface area contributed by atoms with Crippen LogP contribution in [0.1, 0.15) is 34.5 Å². The Kier molecular flexibility index (Phi) is 7.17.